The maximum atomic E-state index is 16.3. The van der Waals surface area contributed by atoms with Crippen LogP contribution in [-0.2, 0) is 19.8 Å². The van der Waals surface area contributed by atoms with Crippen LogP contribution in [0.4, 0.5) is 10.1 Å². The molecule has 2 amide bonds. The maximum absolute atomic E-state index is 16.3. The quantitative estimate of drug-likeness (QED) is 0.378. The zero-order chi connectivity index (χ0) is 30.2. The Morgan fingerprint density at radius 3 is 2.33 bits per heavy atom. The van der Waals surface area contributed by atoms with E-state index in [-0.39, 0.29) is 22.4 Å². The average Bonchev–Trinajstić information content (AvgIpc) is 3.45. The molecule has 4 aliphatic carbocycles. The molecule has 5 fully saturated rings. The molecule has 3 atom stereocenters. The topological polar surface area (TPSA) is 98.7 Å². The highest BCUT2D eigenvalue weighted by Gasteiger charge is 2.75. The van der Waals surface area contributed by atoms with Crippen LogP contribution in [0.15, 0.2) is 42.5 Å². The summed E-state index contributed by atoms with van der Waals surface area (Å²) in [6.07, 6.45) is 7.68. The highest BCUT2D eigenvalue weighted by atomic mass is 35.5. The van der Waals surface area contributed by atoms with Gasteiger partial charge in [0.25, 0.3) is 0 Å². The number of aliphatic carboxylic acids is 1. The first kappa shape index (κ1) is 28.8. The standard InChI is InChI=1S/C34H39ClFN3O4/c1-2-39-27(28(40)38-32-18-15-31(16-19-32,17-20-32)30(42)43)25(21-9-8-11-23(35)26(21)36)34(33(39)13-6-3-7-14-33)22-10-4-5-12-24(22)37-29(34)41/h4-5,8-12,25,27H,2-3,6-7,13-20H2,1H3,(H,37,41)(H,38,40)(H,42,43)/t25-,27+,31?,32?,34+/m0/s1. The lowest BCUT2D eigenvalue weighted by atomic mass is 9.55. The van der Waals surface area contributed by atoms with E-state index in [9.17, 15) is 19.5 Å². The molecule has 2 aliphatic heterocycles. The molecule has 43 heavy (non-hydrogen) atoms. The van der Waals surface area contributed by atoms with Gasteiger partial charge in [-0.1, -0.05) is 68.1 Å². The van der Waals surface area contributed by atoms with Crippen LogP contribution < -0.4 is 10.6 Å². The summed E-state index contributed by atoms with van der Waals surface area (Å²) in [6.45, 7) is 2.55. The molecule has 228 valence electrons. The third-order valence-corrected chi connectivity index (χ3v) is 12.3. The number of anilines is 1. The van der Waals surface area contributed by atoms with E-state index < -0.39 is 45.7 Å². The van der Waals surface area contributed by atoms with Gasteiger partial charge in [0.15, 0.2) is 0 Å². The third kappa shape index (κ3) is 3.78. The van der Waals surface area contributed by atoms with Gasteiger partial charge in [-0.05, 0) is 81.2 Å². The van der Waals surface area contributed by atoms with Gasteiger partial charge in [-0.2, -0.15) is 0 Å². The van der Waals surface area contributed by atoms with Crippen molar-refractivity contribution in [2.45, 2.75) is 106 Å². The average molecular weight is 608 g/mol. The summed E-state index contributed by atoms with van der Waals surface area (Å²) in [5, 5.41) is 16.5. The Labute approximate surface area is 256 Å². The van der Waals surface area contributed by atoms with Crippen molar-refractivity contribution in [3.63, 3.8) is 0 Å². The number of carbonyl (C=O) groups excluding carboxylic acids is 2. The minimum absolute atomic E-state index is 0.0330. The number of para-hydroxylation sites is 1. The molecule has 8 rings (SSSR count). The van der Waals surface area contributed by atoms with Crippen molar-refractivity contribution < 1.29 is 23.9 Å². The number of likely N-dealkylation sites (N-methyl/N-ethyl adjacent to an activating group) is 1. The van der Waals surface area contributed by atoms with E-state index in [4.69, 9.17) is 11.6 Å². The van der Waals surface area contributed by atoms with E-state index in [1.165, 1.54) is 6.07 Å². The van der Waals surface area contributed by atoms with Crippen molar-refractivity contribution in [2.75, 3.05) is 11.9 Å². The molecule has 9 heteroatoms. The Morgan fingerprint density at radius 2 is 1.67 bits per heavy atom. The van der Waals surface area contributed by atoms with Crippen molar-refractivity contribution in [3.05, 3.63) is 64.4 Å². The third-order valence-electron chi connectivity index (χ3n) is 12.1. The number of hydrogen-bond donors (Lipinski definition) is 3. The van der Waals surface area contributed by atoms with Crippen LogP contribution in [0.1, 0.15) is 94.6 Å². The molecule has 3 N–H and O–H groups in total. The largest absolute Gasteiger partial charge is 0.481 e. The van der Waals surface area contributed by atoms with E-state index in [1.54, 1.807) is 12.1 Å². The number of rotatable bonds is 5. The second-order valence-electron chi connectivity index (χ2n) is 13.6. The van der Waals surface area contributed by atoms with Gasteiger partial charge in [0.05, 0.1) is 16.5 Å². The lowest BCUT2D eigenvalue weighted by Crippen LogP contribution is -2.63. The molecule has 6 aliphatic rings. The first-order chi connectivity index (χ1) is 20.6. The number of fused-ring (bicyclic) bond motifs is 6. The first-order valence-corrected chi connectivity index (χ1v) is 16.2. The number of carboxylic acid groups (broad SMARTS) is 1. The van der Waals surface area contributed by atoms with Crippen molar-refractivity contribution >= 4 is 35.1 Å². The molecule has 2 bridgehead atoms. The van der Waals surface area contributed by atoms with Crippen LogP contribution in [0.3, 0.4) is 0 Å². The van der Waals surface area contributed by atoms with Crippen LogP contribution in [0.5, 0.6) is 0 Å². The SMILES string of the molecule is CCN1[C@@H](C(=O)NC23CCC(C(=O)O)(CC2)CC3)[C@H](c2cccc(Cl)c2F)[C@]2(C(=O)Nc3ccccc32)C12CCCCC2. The van der Waals surface area contributed by atoms with Crippen LogP contribution in [0, 0.1) is 11.2 Å². The number of nitrogens with one attached hydrogen (secondary N) is 2. The summed E-state index contributed by atoms with van der Waals surface area (Å²) in [4.78, 5) is 43.9. The van der Waals surface area contributed by atoms with Crippen LogP contribution in [0.2, 0.25) is 5.02 Å². The summed E-state index contributed by atoms with van der Waals surface area (Å²) in [5.41, 5.74) is -1.30. The van der Waals surface area contributed by atoms with Crippen molar-refractivity contribution in [1.82, 2.24) is 10.2 Å². The molecule has 7 nitrogen and oxygen atoms in total. The first-order valence-electron chi connectivity index (χ1n) is 15.8. The molecule has 2 heterocycles. The Kier molecular flexibility index (Phi) is 6.71. The van der Waals surface area contributed by atoms with Gasteiger partial charge in [0.1, 0.15) is 11.2 Å². The van der Waals surface area contributed by atoms with Crippen LogP contribution in [0.25, 0.3) is 0 Å². The highest BCUT2D eigenvalue weighted by molar-refractivity contribution is 6.30. The number of amides is 2. The second kappa shape index (κ2) is 10.0. The number of benzene rings is 2. The fraction of sp³-hybridized carbons (Fsp3) is 0.559. The fourth-order valence-electron chi connectivity index (χ4n) is 10.1. The molecule has 2 aromatic carbocycles. The molecule has 1 saturated heterocycles. The number of carbonyl (C=O) groups is 3. The summed E-state index contributed by atoms with van der Waals surface area (Å²) in [6, 6.07) is 11.8. The smallest absolute Gasteiger partial charge is 0.309 e. The van der Waals surface area contributed by atoms with Crippen LogP contribution >= 0.6 is 11.6 Å². The Balaban J connectivity index is 1.41. The normalized spacial score (nSPS) is 34.3. The maximum Gasteiger partial charge on any atom is 0.309 e. The number of likely N-dealkylation sites (tertiary alicyclic amines) is 1. The zero-order valence-electron chi connectivity index (χ0n) is 24.6. The van der Waals surface area contributed by atoms with Gasteiger partial charge in [0.2, 0.25) is 11.8 Å². The number of hydrogen-bond acceptors (Lipinski definition) is 4. The Bertz CT molecular complexity index is 1480. The van der Waals surface area contributed by atoms with E-state index in [0.717, 1.165) is 37.7 Å². The molecule has 0 radical (unpaired) electrons. The number of nitrogens with zero attached hydrogens (tertiary/aromatic N) is 1. The predicted molar refractivity (Wildman–Crippen MR) is 162 cm³/mol. The van der Waals surface area contributed by atoms with Gasteiger partial charge in [-0.25, -0.2) is 4.39 Å². The van der Waals surface area contributed by atoms with Crippen molar-refractivity contribution in [2.24, 2.45) is 5.41 Å². The Morgan fingerprint density at radius 1 is 1.00 bits per heavy atom. The van der Waals surface area contributed by atoms with Gasteiger partial charge >= 0.3 is 5.97 Å². The number of halogens is 2. The van der Waals surface area contributed by atoms with E-state index in [1.807, 2.05) is 31.2 Å². The summed E-state index contributed by atoms with van der Waals surface area (Å²) in [7, 11) is 0. The molecule has 2 spiro atoms. The van der Waals surface area contributed by atoms with E-state index >= 15 is 4.39 Å². The summed E-state index contributed by atoms with van der Waals surface area (Å²) >= 11 is 6.41. The fourth-order valence-corrected chi connectivity index (χ4v) is 10.2. The minimum atomic E-state index is -1.21. The molecular weight excluding hydrogens is 569 g/mol. The molecule has 4 saturated carbocycles. The zero-order valence-corrected chi connectivity index (χ0v) is 25.3. The van der Waals surface area contributed by atoms with Gasteiger partial charge in [-0.15, -0.1) is 0 Å². The van der Waals surface area contributed by atoms with E-state index in [0.29, 0.717) is 50.8 Å². The van der Waals surface area contributed by atoms with Crippen LogP contribution in [-0.4, -0.2) is 51.5 Å². The number of carboxylic acids is 1. The summed E-state index contributed by atoms with van der Waals surface area (Å²) in [5.74, 6) is -2.56. The Hall–Kier alpha value is -2.97. The minimum Gasteiger partial charge on any atom is -0.481 e. The highest BCUT2D eigenvalue weighted by Crippen LogP contribution is 2.66. The second-order valence-corrected chi connectivity index (χ2v) is 14.0. The van der Waals surface area contributed by atoms with Gasteiger partial charge in [-0.3, -0.25) is 19.3 Å². The van der Waals surface area contributed by atoms with Gasteiger partial charge < -0.3 is 15.7 Å². The molecule has 2 aromatic rings. The molecule has 0 aromatic heterocycles. The van der Waals surface area contributed by atoms with Crippen molar-refractivity contribution in [3.8, 4) is 0 Å². The van der Waals surface area contributed by atoms with Crippen molar-refractivity contribution in [1.29, 1.82) is 0 Å². The lowest BCUT2D eigenvalue weighted by molar-refractivity contribution is -0.157. The lowest BCUT2D eigenvalue weighted by Gasteiger charge is -2.52. The summed E-state index contributed by atoms with van der Waals surface area (Å²) < 4.78 is 16.3. The molecule has 0 unspecified atom stereocenters. The van der Waals surface area contributed by atoms with E-state index in [2.05, 4.69) is 15.5 Å². The predicted octanol–water partition coefficient (Wildman–Crippen LogP) is 6.15. The molecular formula is C34H39ClFN3O4. The van der Waals surface area contributed by atoms with Gasteiger partial charge in [0, 0.05) is 22.7 Å². The monoisotopic (exact) mass is 607 g/mol.